The number of aryl methyl sites for hydroxylation is 1. The molecule has 2 nitrogen and oxygen atoms in total. The number of rotatable bonds is 3. The van der Waals surface area contributed by atoms with Crippen LogP contribution in [0.1, 0.15) is 11.1 Å². The maximum Gasteiger partial charge on any atom is 0.122 e. The highest BCUT2D eigenvalue weighted by molar-refractivity contribution is 6.31. The minimum absolute atomic E-state index is 0.404. The molecule has 0 amide bonds. The van der Waals surface area contributed by atoms with E-state index in [9.17, 15) is 0 Å². The Morgan fingerprint density at radius 2 is 1.89 bits per heavy atom. The van der Waals surface area contributed by atoms with Gasteiger partial charge in [0.25, 0.3) is 0 Å². The molecule has 0 fully saturated rings. The van der Waals surface area contributed by atoms with Gasteiger partial charge < -0.3 is 10.5 Å². The number of hydrogen-bond donors (Lipinski definition) is 1. The van der Waals surface area contributed by atoms with Gasteiger partial charge in [0.05, 0.1) is 0 Å². The third-order valence-corrected chi connectivity index (χ3v) is 3.18. The SMILES string of the molecule is Cc1cc(Cl)ccc1OCc1ccc(N)cc1Cl. The van der Waals surface area contributed by atoms with Crippen molar-refractivity contribution < 1.29 is 4.74 Å². The fraction of sp³-hybridized carbons (Fsp3) is 0.143. The molecule has 0 heterocycles. The first-order valence-corrected chi connectivity index (χ1v) is 6.24. The summed E-state index contributed by atoms with van der Waals surface area (Å²) in [5.74, 6) is 0.798. The molecule has 0 unspecified atom stereocenters. The maximum atomic E-state index is 6.08. The van der Waals surface area contributed by atoms with Crippen molar-refractivity contribution in [1.29, 1.82) is 0 Å². The third kappa shape index (κ3) is 3.09. The van der Waals surface area contributed by atoms with Gasteiger partial charge in [-0.05, 0) is 42.8 Å². The molecule has 0 saturated carbocycles. The largest absolute Gasteiger partial charge is 0.489 e. The second-order valence-electron chi connectivity index (χ2n) is 4.05. The Kier molecular flexibility index (Phi) is 4.00. The summed E-state index contributed by atoms with van der Waals surface area (Å²) in [4.78, 5) is 0. The fourth-order valence-corrected chi connectivity index (χ4v) is 2.08. The van der Waals surface area contributed by atoms with Crippen molar-refractivity contribution in [2.24, 2.45) is 0 Å². The molecule has 0 saturated heterocycles. The minimum Gasteiger partial charge on any atom is -0.489 e. The number of nitrogens with two attached hydrogens (primary N) is 1. The average Bonchev–Trinajstić information content (AvgIpc) is 2.30. The van der Waals surface area contributed by atoms with Crippen molar-refractivity contribution in [3.63, 3.8) is 0 Å². The Morgan fingerprint density at radius 3 is 2.56 bits per heavy atom. The molecule has 0 spiro atoms. The Labute approximate surface area is 116 Å². The molecule has 2 aromatic rings. The zero-order valence-electron chi connectivity index (χ0n) is 9.91. The predicted octanol–water partition coefficient (Wildman–Crippen LogP) is 4.46. The molecule has 2 aromatic carbocycles. The van der Waals surface area contributed by atoms with Crippen LogP contribution in [0.5, 0.6) is 5.75 Å². The van der Waals surface area contributed by atoms with Crippen LogP contribution in [0.25, 0.3) is 0 Å². The summed E-state index contributed by atoms with van der Waals surface area (Å²) in [7, 11) is 0. The van der Waals surface area contributed by atoms with Crippen LogP contribution in [0, 0.1) is 6.92 Å². The van der Waals surface area contributed by atoms with E-state index < -0.39 is 0 Å². The van der Waals surface area contributed by atoms with Gasteiger partial charge in [-0.1, -0.05) is 29.3 Å². The van der Waals surface area contributed by atoms with E-state index in [1.54, 1.807) is 18.2 Å². The number of halogens is 2. The van der Waals surface area contributed by atoms with E-state index in [0.717, 1.165) is 16.9 Å². The summed E-state index contributed by atoms with van der Waals surface area (Å²) in [5, 5.41) is 1.31. The van der Waals surface area contributed by atoms with Gasteiger partial charge in [-0.25, -0.2) is 0 Å². The van der Waals surface area contributed by atoms with Crippen LogP contribution < -0.4 is 10.5 Å². The van der Waals surface area contributed by atoms with Crippen molar-refractivity contribution in [3.05, 3.63) is 57.6 Å². The molecule has 0 aliphatic rings. The first kappa shape index (κ1) is 13.1. The number of benzene rings is 2. The van der Waals surface area contributed by atoms with Gasteiger partial charge >= 0.3 is 0 Å². The van der Waals surface area contributed by atoms with Crippen molar-refractivity contribution in [3.8, 4) is 5.75 Å². The third-order valence-electron chi connectivity index (χ3n) is 2.60. The lowest BCUT2D eigenvalue weighted by Gasteiger charge is -2.10. The Hall–Kier alpha value is -1.38. The molecule has 0 aliphatic carbocycles. The van der Waals surface area contributed by atoms with E-state index in [0.29, 0.717) is 22.3 Å². The molecule has 94 valence electrons. The van der Waals surface area contributed by atoms with Crippen LogP contribution in [-0.4, -0.2) is 0 Å². The summed E-state index contributed by atoms with van der Waals surface area (Å²) >= 11 is 12.0. The summed E-state index contributed by atoms with van der Waals surface area (Å²) in [6.07, 6.45) is 0. The van der Waals surface area contributed by atoms with Crippen LogP contribution in [0.15, 0.2) is 36.4 Å². The van der Waals surface area contributed by atoms with Crippen molar-refractivity contribution >= 4 is 28.9 Å². The molecule has 0 aromatic heterocycles. The molecule has 0 radical (unpaired) electrons. The number of nitrogen functional groups attached to an aromatic ring is 1. The van der Waals surface area contributed by atoms with Gasteiger partial charge in [0, 0.05) is 21.3 Å². The Balaban J connectivity index is 2.11. The predicted molar refractivity (Wildman–Crippen MR) is 76.4 cm³/mol. The molecule has 0 aliphatic heterocycles. The van der Waals surface area contributed by atoms with Gasteiger partial charge in [-0.3, -0.25) is 0 Å². The van der Waals surface area contributed by atoms with E-state index in [-0.39, 0.29) is 0 Å². The van der Waals surface area contributed by atoms with Gasteiger partial charge in [-0.2, -0.15) is 0 Å². The molecule has 2 rings (SSSR count). The van der Waals surface area contributed by atoms with Crippen LogP contribution in [0.2, 0.25) is 10.0 Å². The second-order valence-corrected chi connectivity index (χ2v) is 4.89. The van der Waals surface area contributed by atoms with E-state index in [2.05, 4.69) is 0 Å². The van der Waals surface area contributed by atoms with E-state index in [1.165, 1.54) is 0 Å². The highest BCUT2D eigenvalue weighted by Gasteiger charge is 2.04. The van der Waals surface area contributed by atoms with Crippen LogP contribution in [-0.2, 0) is 6.61 Å². The zero-order valence-corrected chi connectivity index (χ0v) is 11.4. The quantitative estimate of drug-likeness (QED) is 0.843. The summed E-state index contributed by atoms with van der Waals surface area (Å²) in [6, 6.07) is 10.9. The van der Waals surface area contributed by atoms with Crippen molar-refractivity contribution in [1.82, 2.24) is 0 Å². The second kappa shape index (κ2) is 5.51. The topological polar surface area (TPSA) is 35.2 Å². The summed E-state index contributed by atoms with van der Waals surface area (Å²) in [6.45, 7) is 2.35. The first-order valence-electron chi connectivity index (χ1n) is 5.49. The van der Waals surface area contributed by atoms with Gasteiger partial charge in [0.1, 0.15) is 12.4 Å². The van der Waals surface area contributed by atoms with Crippen molar-refractivity contribution in [2.45, 2.75) is 13.5 Å². The lowest BCUT2D eigenvalue weighted by molar-refractivity contribution is 0.304. The van der Waals surface area contributed by atoms with Gasteiger partial charge in [0.2, 0.25) is 0 Å². The molecule has 0 bridgehead atoms. The highest BCUT2D eigenvalue weighted by atomic mass is 35.5. The normalized spacial score (nSPS) is 10.4. The monoisotopic (exact) mass is 281 g/mol. The van der Waals surface area contributed by atoms with Crippen LogP contribution in [0.3, 0.4) is 0 Å². The Bertz CT molecular complexity index is 518. The van der Waals surface area contributed by atoms with Crippen LogP contribution >= 0.6 is 23.2 Å². The standard InChI is InChI=1S/C14H13Cl2NO/c1-9-6-11(15)3-5-14(9)18-8-10-2-4-12(17)7-13(10)16/h2-7H,8,17H2,1H3. The molecular weight excluding hydrogens is 269 g/mol. The lowest BCUT2D eigenvalue weighted by atomic mass is 10.2. The highest BCUT2D eigenvalue weighted by Crippen LogP contribution is 2.25. The van der Waals surface area contributed by atoms with Gasteiger partial charge in [-0.15, -0.1) is 0 Å². The van der Waals surface area contributed by atoms with E-state index >= 15 is 0 Å². The van der Waals surface area contributed by atoms with Crippen molar-refractivity contribution in [2.75, 3.05) is 5.73 Å². The number of anilines is 1. The van der Waals surface area contributed by atoms with E-state index in [1.807, 2.05) is 25.1 Å². The Morgan fingerprint density at radius 1 is 1.11 bits per heavy atom. The molecular formula is C14H13Cl2NO. The first-order chi connectivity index (χ1) is 8.56. The van der Waals surface area contributed by atoms with E-state index in [4.69, 9.17) is 33.7 Å². The maximum absolute atomic E-state index is 6.08. The average molecular weight is 282 g/mol. The molecule has 0 atom stereocenters. The molecule has 18 heavy (non-hydrogen) atoms. The lowest BCUT2D eigenvalue weighted by Crippen LogP contribution is -1.98. The minimum atomic E-state index is 0.404. The van der Waals surface area contributed by atoms with Crippen LogP contribution in [0.4, 0.5) is 5.69 Å². The summed E-state index contributed by atoms with van der Waals surface area (Å²) < 4.78 is 5.71. The molecule has 4 heteroatoms. The number of ether oxygens (including phenoxy) is 1. The smallest absolute Gasteiger partial charge is 0.122 e. The number of hydrogen-bond acceptors (Lipinski definition) is 2. The molecule has 2 N–H and O–H groups in total. The summed E-state index contributed by atoms with van der Waals surface area (Å²) in [5.41, 5.74) is 8.18. The zero-order chi connectivity index (χ0) is 13.1. The fourth-order valence-electron chi connectivity index (χ4n) is 1.61. The van der Waals surface area contributed by atoms with Gasteiger partial charge in [0.15, 0.2) is 0 Å².